The Morgan fingerprint density at radius 3 is 1.82 bits per heavy atom. The lowest BCUT2D eigenvalue weighted by Gasteiger charge is -2.25. The third-order valence-corrected chi connectivity index (χ3v) is 4.63. The van der Waals surface area contributed by atoms with E-state index < -0.39 is 53.8 Å². The van der Waals surface area contributed by atoms with Crippen molar-refractivity contribution >= 4 is 35.6 Å². The van der Waals surface area contributed by atoms with E-state index in [2.05, 4.69) is 20.9 Å². The molecular weight excluding hydrogens is 448 g/mol. The molecule has 0 heterocycles. The number of carbonyl (C=O) groups is 5. The van der Waals surface area contributed by atoms with Crippen LogP contribution >= 0.6 is 0 Å². The maximum absolute atomic E-state index is 12.9. The first-order valence-corrected chi connectivity index (χ1v) is 11.0. The van der Waals surface area contributed by atoms with Crippen molar-refractivity contribution in [2.75, 3.05) is 6.54 Å². The van der Waals surface area contributed by atoms with Crippen LogP contribution in [0.3, 0.4) is 0 Å². The zero-order valence-corrected chi connectivity index (χ0v) is 19.9. The molecule has 0 aromatic rings. The molecule has 4 unspecified atom stereocenters. The Morgan fingerprint density at radius 2 is 1.35 bits per heavy atom. The predicted molar refractivity (Wildman–Crippen MR) is 125 cm³/mol. The summed E-state index contributed by atoms with van der Waals surface area (Å²) in [6.45, 7) is 5.35. The molecule has 34 heavy (non-hydrogen) atoms. The molecule has 0 saturated heterocycles. The lowest BCUT2D eigenvalue weighted by atomic mass is 10.0. The molecule has 0 aliphatic heterocycles. The van der Waals surface area contributed by atoms with Crippen molar-refractivity contribution in [3.8, 4) is 0 Å². The van der Waals surface area contributed by atoms with Gasteiger partial charge >= 0.3 is 5.97 Å². The minimum Gasteiger partial charge on any atom is -0.480 e. The number of carbonyl (C=O) groups excluding carboxylic acids is 4. The van der Waals surface area contributed by atoms with Gasteiger partial charge in [-0.1, -0.05) is 13.8 Å². The molecule has 12 N–H and O–H groups in total. The Hall–Kier alpha value is -3.42. The quantitative estimate of drug-likeness (QED) is 0.0637. The Morgan fingerprint density at radius 1 is 0.824 bits per heavy atom. The van der Waals surface area contributed by atoms with Crippen molar-refractivity contribution < 1.29 is 29.1 Å². The highest BCUT2D eigenvalue weighted by Crippen LogP contribution is 2.08. The molecule has 0 bridgehead atoms. The summed E-state index contributed by atoms with van der Waals surface area (Å²) in [6, 6.07) is -4.35. The summed E-state index contributed by atoms with van der Waals surface area (Å²) in [5, 5.41) is 16.8. The van der Waals surface area contributed by atoms with Crippen molar-refractivity contribution in [1.82, 2.24) is 16.0 Å². The topological polar surface area (TPSA) is 258 Å². The van der Waals surface area contributed by atoms with Crippen LogP contribution in [0.5, 0.6) is 0 Å². The number of nitrogens with zero attached hydrogens (tertiary/aromatic N) is 1. The van der Waals surface area contributed by atoms with Crippen molar-refractivity contribution in [2.45, 2.75) is 77.0 Å². The third-order valence-electron chi connectivity index (χ3n) is 4.63. The minimum absolute atomic E-state index is 0.0310. The first-order chi connectivity index (χ1) is 15.7. The normalized spacial score (nSPS) is 14.3. The zero-order chi connectivity index (χ0) is 26.4. The fraction of sp³-hybridized carbons (Fsp3) is 0.700. The summed E-state index contributed by atoms with van der Waals surface area (Å²) in [5.41, 5.74) is 21.2. The van der Waals surface area contributed by atoms with Crippen LogP contribution in [0.25, 0.3) is 0 Å². The van der Waals surface area contributed by atoms with Crippen LogP contribution in [0.2, 0.25) is 0 Å². The maximum Gasteiger partial charge on any atom is 0.326 e. The van der Waals surface area contributed by atoms with Crippen LogP contribution in [0.1, 0.15) is 52.9 Å². The molecule has 194 valence electrons. The van der Waals surface area contributed by atoms with Crippen molar-refractivity contribution in [2.24, 2.45) is 33.8 Å². The molecule has 0 radical (unpaired) electrons. The minimum atomic E-state index is -1.39. The summed E-state index contributed by atoms with van der Waals surface area (Å²) in [4.78, 5) is 64.1. The van der Waals surface area contributed by atoms with Gasteiger partial charge in [0.1, 0.15) is 18.1 Å². The molecule has 0 aliphatic rings. The number of nitrogens with two attached hydrogens (primary N) is 4. The standard InChI is InChI=1S/C20H38N8O6/c1-10(2)9-14(28-16(30)11(3)21)18(32)26-12(5-4-8-25-20(23)24)17(31)27-13(19(33)34)6-7-15(22)29/h10-14H,4-9,21H2,1-3H3,(H2,22,29)(H,26,32)(H,27,31)(H,28,30)(H,33,34)(H4,23,24,25). The van der Waals surface area contributed by atoms with Crippen LogP contribution in [0, 0.1) is 5.92 Å². The monoisotopic (exact) mass is 486 g/mol. The summed E-state index contributed by atoms with van der Waals surface area (Å²) in [6.07, 6.45) is 0.176. The fourth-order valence-corrected chi connectivity index (χ4v) is 2.87. The number of aliphatic carboxylic acids is 1. The number of primary amides is 1. The van der Waals surface area contributed by atoms with Gasteiger partial charge in [0.15, 0.2) is 5.96 Å². The first-order valence-electron chi connectivity index (χ1n) is 11.0. The highest BCUT2D eigenvalue weighted by molar-refractivity contribution is 5.94. The fourth-order valence-electron chi connectivity index (χ4n) is 2.87. The summed E-state index contributed by atoms with van der Waals surface area (Å²) in [7, 11) is 0. The number of carboxylic acids is 1. The van der Waals surface area contributed by atoms with Gasteiger partial charge in [-0.2, -0.15) is 0 Å². The van der Waals surface area contributed by atoms with E-state index in [-0.39, 0.29) is 50.5 Å². The van der Waals surface area contributed by atoms with E-state index in [1.165, 1.54) is 6.92 Å². The Kier molecular flexibility index (Phi) is 13.9. The van der Waals surface area contributed by atoms with Gasteiger partial charge in [0, 0.05) is 13.0 Å². The van der Waals surface area contributed by atoms with Crippen LogP contribution in [-0.2, 0) is 24.0 Å². The van der Waals surface area contributed by atoms with E-state index in [0.717, 1.165) is 0 Å². The number of rotatable bonds is 16. The van der Waals surface area contributed by atoms with Crippen LogP contribution in [-0.4, -0.2) is 71.4 Å². The van der Waals surface area contributed by atoms with Gasteiger partial charge in [-0.15, -0.1) is 0 Å². The van der Waals surface area contributed by atoms with Gasteiger partial charge in [-0.25, -0.2) is 4.79 Å². The Balaban J connectivity index is 5.56. The first kappa shape index (κ1) is 30.6. The third kappa shape index (κ3) is 13.2. The maximum atomic E-state index is 12.9. The van der Waals surface area contributed by atoms with Gasteiger partial charge in [-0.05, 0) is 38.5 Å². The molecule has 4 amide bonds. The number of carboxylic acid groups (broad SMARTS) is 1. The molecule has 0 saturated carbocycles. The number of guanidine groups is 1. The van der Waals surface area contributed by atoms with Crippen LogP contribution < -0.4 is 38.9 Å². The lowest BCUT2D eigenvalue weighted by Crippen LogP contribution is -2.57. The summed E-state index contributed by atoms with van der Waals surface area (Å²) in [5.74, 6) is -4.13. The lowest BCUT2D eigenvalue weighted by molar-refractivity contribution is -0.142. The molecule has 0 aromatic carbocycles. The molecule has 0 spiro atoms. The van der Waals surface area contributed by atoms with E-state index in [9.17, 15) is 29.1 Å². The molecule has 14 nitrogen and oxygen atoms in total. The van der Waals surface area contributed by atoms with Crippen molar-refractivity contribution in [3.63, 3.8) is 0 Å². The zero-order valence-electron chi connectivity index (χ0n) is 19.9. The van der Waals surface area contributed by atoms with Gasteiger partial charge in [0.25, 0.3) is 0 Å². The molecule has 4 atom stereocenters. The van der Waals surface area contributed by atoms with Crippen LogP contribution in [0.4, 0.5) is 0 Å². The van der Waals surface area contributed by atoms with E-state index in [0.29, 0.717) is 0 Å². The van der Waals surface area contributed by atoms with Crippen molar-refractivity contribution in [3.05, 3.63) is 0 Å². The Bertz CT molecular complexity index is 751. The average Bonchev–Trinajstić information content (AvgIpc) is 2.71. The van der Waals surface area contributed by atoms with Gasteiger partial charge < -0.3 is 44.0 Å². The summed E-state index contributed by atoms with van der Waals surface area (Å²) < 4.78 is 0. The number of amides is 4. The highest BCUT2D eigenvalue weighted by Gasteiger charge is 2.30. The number of nitrogens with one attached hydrogen (secondary N) is 3. The number of hydrogen-bond donors (Lipinski definition) is 8. The predicted octanol–water partition coefficient (Wildman–Crippen LogP) is -2.76. The van der Waals surface area contributed by atoms with Crippen molar-refractivity contribution in [1.29, 1.82) is 0 Å². The Labute approximate surface area is 198 Å². The van der Waals surface area contributed by atoms with Gasteiger partial charge in [0.05, 0.1) is 6.04 Å². The largest absolute Gasteiger partial charge is 0.480 e. The SMILES string of the molecule is CC(C)CC(NC(=O)C(C)N)C(=O)NC(CCCN=C(N)N)C(=O)NC(CCC(N)=O)C(=O)O. The molecule has 0 aliphatic carbocycles. The second kappa shape index (κ2) is 15.4. The highest BCUT2D eigenvalue weighted by atomic mass is 16.4. The van der Waals surface area contributed by atoms with E-state index in [1.54, 1.807) is 0 Å². The number of hydrogen-bond acceptors (Lipinski definition) is 7. The average molecular weight is 487 g/mol. The van der Waals surface area contributed by atoms with E-state index in [1.807, 2.05) is 13.8 Å². The smallest absolute Gasteiger partial charge is 0.326 e. The van der Waals surface area contributed by atoms with Gasteiger partial charge in [0.2, 0.25) is 23.6 Å². The molecule has 0 fully saturated rings. The molecular formula is C20H38N8O6. The molecule has 14 heteroatoms. The second-order valence-corrected chi connectivity index (χ2v) is 8.39. The molecule has 0 aromatic heterocycles. The van der Waals surface area contributed by atoms with Crippen LogP contribution in [0.15, 0.2) is 4.99 Å². The van der Waals surface area contributed by atoms with Gasteiger partial charge in [-0.3, -0.25) is 24.2 Å². The van der Waals surface area contributed by atoms with E-state index >= 15 is 0 Å². The molecule has 0 rings (SSSR count). The van der Waals surface area contributed by atoms with E-state index in [4.69, 9.17) is 22.9 Å². The summed E-state index contributed by atoms with van der Waals surface area (Å²) >= 11 is 0. The number of aliphatic imine (C=N–C) groups is 1. The second-order valence-electron chi connectivity index (χ2n) is 8.39.